The fourth-order valence-electron chi connectivity index (χ4n) is 2.61. The summed E-state index contributed by atoms with van der Waals surface area (Å²) < 4.78 is 5.77. The lowest BCUT2D eigenvalue weighted by Gasteiger charge is -2.12. The normalized spacial score (nSPS) is 10.6. The number of nitrogens with one attached hydrogen (secondary N) is 1. The minimum absolute atomic E-state index is 0.169. The Labute approximate surface area is 151 Å². The van der Waals surface area contributed by atoms with Crippen molar-refractivity contribution in [2.75, 3.05) is 18.5 Å². The van der Waals surface area contributed by atoms with Crippen LogP contribution in [0.3, 0.4) is 0 Å². The zero-order valence-corrected chi connectivity index (χ0v) is 14.3. The molecule has 3 rings (SSSR count). The fourth-order valence-corrected chi connectivity index (χ4v) is 2.86. The van der Waals surface area contributed by atoms with Gasteiger partial charge in [-0.25, -0.2) is 4.79 Å². The van der Waals surface area contributed by atoms with Crippen LogP contribution in [0.2, 0.25) is 5.02 Å². The Hall–Kier alpha value is -2.72. The quantitative estimate of drug-likeness (QED) is 0.581. The molecule has 0 bridgehead atoms. The lowest BCUT2D eigenvalue weighted by atomic mass is 10.1. The number of halogens is 1. The third kappa shape index (κ3) is 4.22. The van der Waals surface area contributed by atoms with Gasteiger partial charge in [0.25, 0.3) is 0 Å². The van der Waals surface area contributed by atoms with Gasteiger partial charge in [0.05, 0.1) is 22.9 Å². The van der Waals surface area contributed by atoms with Crippen molar-refractivity contribution >= 4 is 34.0 Å². The van der Waals surface area contributed by atoms with Crippen molar-refractivity contribution in [3.63, 3.8) is 0 Å². The maximum Gasteiger partial charge on any atom is 0.337 e. The summed E-state index contributed by atoms with van der Waals surface area (Å²) in [5.74, 6) is -0.180. The summed E-state index contributed by atoms with van der Waals surface area (Å²) in [5.41, 5.74) is 0.616. The number of anilines is 1. The summed E-state index contributed by atoms with van der Waals surface area (Å²) in [6.45, 7) is 1.09. The molecule has 0 aliphatic carbocycles. The predicted molar refractivity (Wildman–Crippen MR) is 101 cm³/mol. The Kier molecular flexibility index (Phi) is 5.41. The van der Waals surface area contributed by atoms with Gasteiger partial charge >= 0.3 is 5.97 Å². The summed E-state index contributed by atoms with van der Waals surface area (Å²) in [5, 5.41) is 15.0. The number of fused-ring (bicyclic) bond motifs is 1. The second-order valence-corrected chi connectivity index (χ2v) is 6.01. The van der Waals surface area contributed by atoms with Gasteiger partial charge in [-0.05, 0) is 41.5 Å². The minimum atomic E-state index is -1.00. The van der Waals surface area contributed by atoms with E-state index >= 15 is 0 Å². The molecule has 0 heterocycles. The molecule has 0 unspecified atom stereocenters. The SMILES string of the molecule is O=C(O)c1cccc(Cl)c1NCCCOc1ccc2ccccc2c1. The van der Waals surface area contributed by atoms with E-state index in [9.17, 15) is 9.90 Å². The molecule has 0 spiro atoms. The summed E-state index contributed by atoms with van der Waals surface area (Å²) in [6.07, 6.45) is 0.719. The molecule has 25 heavy (non-hydrogen) atoms. The van der Waals surface area contributed by atoms with E-state index in [1.54, 1.807) is 12.1 Å². The molecular formula is C20H18ClNO3. The lowest BCUT2D eigenvalue weighted by Crippen LogP contribution is -2.11. The molecule has 5 heteroatoms. The van der Waals surface area contributed by atoms with E-state index < -0.39 is 5.97 Å². The Morgan fingerprint density at radius 2 is 1.84 bits per heavy atom. The van der Waals surface area contributed by atoms with Crippen molar-refractivity contribution in [1.29, 1.82) is 0 Å². The van der Waals surface area contributed by atoms with Gasteiger partial charge in [0.1, 0.15) is 5.75 Å². The Balaban J connectivity index is 1.53. The predicted octanol–water partition coefficient (Wildman–Crippen LogP) is 5.07. The molecular weight excluding hydrogens is 338 g/mol. The van der Waals surface area contributed by atoms with E-state index in [-0.39, 0.29) is 5.56 Å². The van der Waals surface area contributed by atoms with Gasteiger partial charge in [0.2, 0.25) is 0 Å². The lowest BCUT2D eigenvalue weighted by molar-refractivity contribution is 0.0698. The number of carbonyl (C=O) groups is 1. The molecule has 0 amide bonds. The minimum Gasteiger partial charge on any atom is -0.494 e. The molecule has 3 aromatic carbocycles. The first-order valence-electron chi connectivity index (χ1n) is 8.02. The molecule has 0 aliphatic rings. The van der Waals surface area contributed by atoms with Crippen molar-refractivity contribution in [1.82, 2.24) is 0 Å². The number of hydrogen-bond acceptors (Lipinski definition) is 3. The van der Waals surface area contributed by atoms with Gasteiger partial charge in [-0.1, -0.05) is 48.0 Å². The van der Waals surface area contributed by atoms with Crippen LogP contribution in [0.4, 0.5) is 5.69 Å². The second kappa shape index (κ2) is 7.90. The standard InChI is InChI=1S/C20H18ClNO3/c21-18-8-3-7-17(20(23)24)19(18)22-11-4-12-25-16-10-9-14-5-1-2-6-15(14)13-16/h1-3,5-10,13,22H,4,11-12H2,(H,23,24). The third-order valence-electron chi connectivity index (χ3n) is 3.86. The van der Waals surface area contributed by atoms with Crippen molar-refractivity contribution in [2.24, 2.45) is 0 Å². The highest BCUT2D eigenvalue weighted by Gasteiger charge is 2.12. The van der Waals surface area contributed by atoms with E-state index in [0.717, 1.165) is 17.6 Å². The Morgan fingerprint density at radius 1 is 1.04 bits per heavy atom. The van der Waals surface area contributed by atoms with Gasteiger partial charge in [0, 0.05) is 6.54 Å². The number of para-hydroxylation sites is 1. The smallest absolute Gasteiger partial charge is 0.337 e. The monoisotopic (exact) mass is 355 g/mol. The largest absolute Gasteiger partial charge is 0.494 e. The topological polar surface area (TPSA) is 58.6 Å². The van der Waals surface area contributed by atoms with Crippen LogP contribution in [0.5, 0.6) is 5.75 Å². The molecule has 0 aromatic heterocycles. The van der Waals surface area contributed by atoms with Crippen LogP contribution in [-0.2, 0) is 0 Å². The van der Waals surface area contributed by atoms with Crippen LogP contribution in [-0.4, -0.2) is 24.2 Å². The number of carboxylic acid groups (broad SMARTS) is 1. The molecule has 0 saturated carbocycles. The van der Waals surface area contributed by atoms with Gasteiger partial charge < -0.3 is 15.2 Å². The van der Waals surface area contributed by atoms with Crippen LogP contribution in [0.25, 0.3) is 10.8 Å². The van der Waals surface area contributed by atoms with E-state index in [4.69, 9.17) is 16.3 Å². The molecule has 128 valence electrons. The molecule has 3 aromatic rings. The number of aromatic carboxylic acids is 1. The van der Waals surface area contributed by atoms with Crippen LogP contribution < -0.4 is 10.1 Å². The van der Waals surface area contributed by atoms with Gasteiger partial charge in [-0.3, -0.25) is 0 Å². The highest BCUT2D eigenvalue weighted by atomic mass is 35.5. The summed E-state index contributed by atoms with van der Waals surface area (Å²) in [6, 6.07) is 18.9. The molecule has 0 radical (unpaired) electrons. The number of benzene rings is 3. The second-order valence-electron chi connectivity index (χ2n) is 5.61. The van der Waals surface area contributed by atoms with Gasteiger partial charge in [0.15, 0.2) is 0 Å². The Bertz CT molecular complexity index is 895. The summed E-state index contributed by atoms with van der Waals surface area (Å²) in [4.78, 5) is 11.2. The number of rotatable bonds is 7. The zero-order valence-electron chi connectivity index (χ0n) is 13.5. The highest BCUT2D eigenvalue weighted by molar-refractivity contribution is 6.34. The van der Waals surface area contributed by atoms with E-state index in [2.05, 4.69) is 17.4 Å². The maximum absolute atomic E-state index is 11.2. The van der Waals surface area contributed by atoms with Crippen molar-refractivity contribution in [2.45, 2.75) is 6.42 Å². The molecule has 0 saturated heterocycles. The van der Waals surface area contributed by atoms with Crippen LogP contribution in [0.1, 0.15) is 16.8 Å². The van der Waals surface area contributed by atoms with Crippen LogP contribution in [0, 0.1) is 0 Å². The van der Waals surface area contributed by atoms with E-state index in [1.807, 2.05) is 30.3 Å². The zero-order chi connectivity index (χ0) is 17.6. The Morgan fingerprint density at radius 3 is 2.64 bits per heavy atom. The first kappa shape index (κ1) is 17.1. The first-order valence-corrected chi connectivity index (χ1v) is 8.40. The summed E-state index contributed by atoms with van der Waals surface area (Å²) in [7, 11) is 0. The third-order valence-corrected chi connectivity index (χ3v) is 4.17. The van der Waals surface area contributed by atoms with E-state index in [1.165, 1.54) is 11.5 Å². The number of ether oxygens (including phenoxy) is 1. The maximum atomic E-state index is 11.2. The van der Waals surface area contributed by atoms with Crippen LogP contribution >= 0.6 is 11.6 Å². The first-order chi connectivity index (χ1) is 12.1. The molecule has 0 atom stereocenters. The van der Waals surface area contributed by atoms with Gasteiger partial charge in [-0.2, -0.15) is 0 Å². The molecule has 4 nitrogen and oxygen atoms in total. The van der Waals surface area contributed by atoms with Gasteiger partial charge in [-0.15, -0.1) is 0 Å². The molecule has 2 N–H and O–H groups in total. The highest BCUT2D eigenvalue weighted by Crippen LogP contribution is 2.26. The summed E-state index contributed by atoms with van der Waals surface area (Å²) >= 11 is 6.08. The average Bonchev–Trinajstić information content (AvgIpc) is 2.62. The van der Waals surface area contributed by atoms with Crippen LogP contribution in [0.15, 0.2) is 60.7 Å². The number of hydrogen-bond donors (Lipinski definition) is 2. The van der Waals surface area contributed by atoms with Crippen molar-refractivity contribution in [3.8, 4) is 5.75 Å². The fraction of sp³-hybridized carbons (Fsp3) is 0.150. The average molecular weight is 356 g/mol. The van der Waals surface area contributed by atoms with Crippen molar-refractivity contribution < 1.29 is 14.6 Å². The van der Waals surface area contributed by atoms with E-state index in [0.29, 0.717) is 23.9 Å². The number of carboxylic acids is 1. The molecule has 0 fully saturated rings. The van der Waals surface area contributed by atoms with Crippen molar-refractivity contribution in [3.05, 3.63) is 71.2 Å². The molecule has 0 aliphatic heterocycles.